The minimum atomic E-state index is -4.13. The number of alkyl halides is 3. The van der Waals surface area contributed by atoms with Gasteiger partial charge in [-0.15, -0.1) is 0 Å². The van der Waals surface area contributed by atoms with Crippen LogP contribution in [-0.2, 0) is 16.1 Å². The van der Waals surface area contributed by atoms with Crippen LogP contribution in [0.1, 0.15) is 57.9 Å². The molecule has 0 N–H and O–H groups in total. The molecular weight excluding hydrogens is 479 g/mol. The fourth-order valence-electron chi connectivity index (χ4n) is 5.10. The second-order valence-electron chi connectivity index (χ2n) is 10.1. The standard InChI is InChI=1S/C27H33ClF3NO3/c1-17(2)34-26(33)20-11-13-32(14-12-20)16-18-3-4-19-5-10-24(25(28)23(19)15-18)35-22-8-6-21(7-9-22)27(29,30)31/h3-5,10,15,17,20-22H,6-9,11-14,16H2,1-2H3. The van der Waals surface area contributed by atoms with E-state index >= 15 is 0 Å². The zero-order valence-electron chi connectivity index (χ0n) is 20.2. The van der Waals surface area contributed by atoms with E-state index in [0.717, 1.165) is 48.8 Å². The number of halogens is 4. The molecule has 1 aliphatic heterocycles. The first kappa shape index (κ1) is 26.1. The van der Waals surface area contributed by atoms with E-state index in [1.54, 1.807) is 6.07 Å². The molecule has 4 nitrogen and oxygen atoms in total. The fourth-order valence-corrected chi connectivity index (χ4v) is 5.37. The van der Waals surface area contributed by atoms with Crippen molar-refractivity contribution in [1.82, 2.24) is 4.90 Å². The molecular formula is C27H33ClF3NO3. The van der Waals surface area contributed by atoms with Crippen LogP contribution in [0.4, 0.5) is 13.2 Å². The van der Waals surface area contributed by atoms with Crippen LogP contribution in [0.15, 0.2) is 30.3 Å². The van der Waals surface area contributed by atoms with E-state index in [0.29, 0.717) is 23.6 Å². The Morgan fingerprint density at radius 1 is 1.06 bits per heavy atom. The van der Waals surface area contributed by atoms with Gasteiger partial charge in [-0.1, -0.05) is 29.8 Å². The molecule has 0 atom stereocenters. The number of nitrogens with zero attached hydrogens (tertiary/aromatic N) is 1. The van der Waals surface area contributed by atoms with Gasteiger partial charge in [0, 0.05) is 11.9 Å². The number of hydrogen-bond acceptors (Lipinski definition) is 4. The van der Waals surface area contributed by atoms with Gasteiger partial charge in [0.15, 0.2) is 0 Å². The molecule has 0 amide bonds. The number of carbonyl (C=O) groups excluding carboxylic acids is 1. The number of benzene rings is 2. The zero-order valence-corrected chi connectivity index (χ0v) is 21.0. The zero-order chi connectivity index (χ0) is 25.2. The summed E-state index contributed by atoms with van der Waals surface area (Å²) in [5, 5.41) is 2.36. The Labute approximate surface area is 209 Å². The number of hydrogen-bond donors (Lipinski definition) is 0. The molecule has 2 aromatic rings. The molecule has 0 radical (unpaired) electrons. The minimum Gasteiger partial charge on any atom is -0.489 e. The predicted octanol–water partition coefficient (Wildman–Crippen LogP) is 7.16. The molecule has 0 spiro atoms. The molecule has 0 bridgehead atoms. The first-order valence-electron chi connectivity index (χ1n) is 12.5. The normalized spacial score (nSPS) is 22.5. The lowest BCUT2D eigenvalue weighted by atomic mass is 9.87. The van der Waals surface area contributed by atoms with Crippen LogP contribution >= 0.6 is 11.6 Å². The van der Waals surface area contributed by atoms with Crippen molar-refractivity contribution >= 4 is 28.3 Å². The Morgan fingerprint density at radius 3 is 2.34 bits per heavy atom. The van der Waals surface area contributed by atoms with Crippen LogP contribution in [0, 0.1) is 11.8 Å². The van der Waals surface area contributed by atoms with E-state index in [1.807, 2.05) is 26.0 Å². The van der Waals surface area contributed by atoms with Crippen molar-refractivity contribution in [3.8, 4) is 5.75 Å². The Hall–Kier alpha value is -1.99. The highest BCUT2D eigenvalue weighted by atomic mass is 35.5. The van der Waals surface area contributed by atoms with Crippen molar-refractivity contribution in [2.45, 2.75) is 77.3 Å². The average molecular weight is 512 g/mol. The first-order valence-corrected chi connectivity index (χ1v) is 12.9. The average Bonchev–Trinajstić information content (AvgIpc) is 2.81. The van der Waals surface area contributed by atoms with Gasteiger partial charge < -0.3 is 9.47 Å². The van der Waals surface area contributed by atoms with E-state index in [4.69, 9.17) is 21.1 Å². The van der Waals surface area contributed by atoms with Gasteiger partial charge in [-0.3, -0.25) is 9.69 Å². The number of likely N-dealkylation sites (tertiary alicyclic amines) is 1. The number of rotatable bonds is 6. The predicted molar refractivity (Wildman–Crippen MR) is 131 cm³/mol. The summed E-state index contributed by atoms with van der Waals surface area (Å²) in [5.41, 5.74) is 1.12. The molecule has 35 heavy (non-hydrogen) atoms. The summed E-state index contributed by atoms with van der Waals surface area (Å²) in [6, 6.07) is 9.91. The van der Waals surface area contributed by atoms with Gasteiger partial charge in [0.1, 0.15) is 5.75 Å². The van der Waals surface area contributed by atoms with E-state index in [2.05, 4.69) is 17.0 Å². The number of ether oxygens (including phenoxy) is 2. The van der Waals surface area contributed by atoms with Crippen molar-refractivity contribution in [1.29, 1.82) is 0 Å². The van der Waals surface area contributed by atoms with Crippen LogP contribution in [0.2, 0.25) is 5.02 Å². The van der Waals surface area contributed by atoms with Gasteiger partial charge in [0.2, 0.25) is 0 Å². The second-order valence-corrected chi connectivity index (χ2v) is 10.5. The lowest BCUT2D eigenvalue weighted by molar-refractivity contribution is -0.185. The van der Waals surface area contributed by atoms with E-state index < -0.39 is 12.1 Å². The van der Waals surface area contributed by atoms with Gasteiger partial charge in [0.25, 0.3) is 0 Å². The third-order valence-electron chi connectivity index (χ3n) is 7.09. The maximum absolute atomic E-state index is 13.0. The van der Waals surface area contributed by atoms with Crippen LogP contribution < -0.4 is 4.74 Å². The highest BCUT2D eigenvalue weighted by Crippen LogP contribution is 2.40. The maximum Gasteiger partial charge on any atom is 0.391 e. The molecule has 1 aliphatic carbocycles. The third kappa shape index (κ3) is 6.62. The molecule has 8 heteroatoms. The number of fused-ring (bicyclic) bond motifs is 1. The van der Waals surface area contributed by atoms with Gasteiger partial charge >= 0.3 is 12.1 Å². The first-order chi connectivity index (χ1) is 16.6. The minimum absolute atomic E-state index is 0.0365. The summed E-state index contributed by atoms with van der Waals surface area (Å²) in [7, 11) is 0. The second kappa shape index (κ2) is 11.0. The molecule has 1 saturated heterocycles. The Bertz CT molecular complexity index is 1030. The van der Waals surface area contributed by atoms with Gasteiger partial charge in [-0.05, 0) is 88.5 Å². The van der Waals surface area contributed by atoms with Crippen LogP contribution in [0.3, 0.4) is 0 Å². The third-order valence-corrected chi connectivity index (χ3v) is 7.48. The molecule has 192 valence electrons. The summed E-state index contributed by atoms with van der Waals surface area (Å²) in [5.74, 6) is -0.846. The molecule has 0 unspecified atom stereocenters. The number of esters is 1. The highest BCUT2D eigenvalue weighted by Gasteiger charge is 2.41. The largest absolute Gasteiger partial charge is 0.489 e. The fraction of sp³-hybridized carbons (Fsp3) is 0.593. The molecule has 2 aliphatic rings. The molecule has 0 aromatic heterocycles. The smallest absolute Gasteiger partial charge is 0.391 e. The highest BCUT2D eigenvalue weighted by molar-refractivity contribution is 6.37. The lowest BCUT2D eigenvalue weighted by Crippen LogP contribution is -2.37. The Kier molecular flexibility index (Phi) is 8.16. The molecule has 2 aromatic carbocycles. The maximum atomic E-state index is 13.0. The van der Waals surface area contributed by atoms with Gasteiger partial charge in [0.05, 0.1) is 29.1 Å². The van der Waals surface area contributed by atoms with Crippen molar-refractivity contribution in [2.75, 3.05) is 13.1 Å². The molecule has 1 saturated carbocycles. The summed E-state index contributed by atoms with van der Waals surface area (Å²) in [4.78, 5) is 14.5. The van der Waals surface area contributed by atoms with Crippen molar-refractivity contribution in [2.24, 2.45) is 11.8 Å². The Balaban J connectivity index is 1.37. The van der Waals surface area contributed by atoms with Crippen LogP contribution in [-0.4, -0.2) is 42.3 Å². The Morgan fingerprint density at radius 2 is 1.71 bits per heavy atom. The van der Waals surface area contributed by atoms with Gasteiger partial charge in [-0.2, -0.15) is 13.2 Å². The molecule has 2 fully saturated rings. The summed E-state index contributed by atoms with van der Waals surface area (Å²) >= 11 is 6.70. The number of carbonyl (C=O) groups is 1. The van der Waals surface area contributed by atoms with Crippen molar-refractivity contribution < 1.29 is 27.4 Å². The van der Waals surface area contributed by atoms with E-state index in [-0.39, 0.29) is 36.9 Å². The molecule has 4 rings (SSSR count). The summed E-state index contributed by atoms with van der Waals surface area (Å²) < 4.78 is 50.3. The monoisotopic (exact) mass is 511 g/mol. The SMILES string of the molecule is CC(C)OC(=O)C1CCN(Cc2ccc3ccc(OC4CCC(C(F)(F)F)CC4)c(Cl)c3c2)CC1. The van der Waals surface area contributed by atoms with E-state index in [9.17, 15) is 18.0 Å². The number of piperidine rings is 1. The summed E-state index contributed by atoms with van der Waals surface area (Å²) in [6.45, 7) is 6.14. The van der Waals surface area contributed by atoms with Crippen LogP contribution in [0.5, 0.6) is 5.75 Å². The lowest BCUT2D eigenvalue weighted by Gasteiger charge is -2.31. The van der Waals surface area contributed by atoms with Crippen molar-refractivity contribution in [3.05, 3.63) is 40.9 Å². The van der Waals surface area contributed by atoms with Crippen molar-refractivity contribution in [3.63, 3.8) is 0 Å². The quantitative estimate of drug-likeness (QED) is 0.386. The van der Waals surface area contributed by atoms with Crippen LogP contribution in [0.25, 0.3) is 10.8 Å². The van der Waals surface area contributed by atoms with E-state index in [1.165, 1.54) is 0 Å². The summed E-state index contributed by atoms with van der Waals surface area (Å²) in [6.07, 6.45) is -1.97. The van der Waals surface area contributed by atoms with Gasteiger partial charge in [-0.25, -0.2) is 0 Å². The topological polar surface area (TPSA) is 38.8 Å². The molecule has 1 heterocycles.